The number of carboxylic acid groups (broad SMARTS) is 2. The molecule has 0 aliphatic rings. The molecule has 0 spiro atoms. The van der Waals surface area contributed by atoms with Crippen molar-refractivity contribution in [1.29, 1.82) is 0 Å². The van der Waals surface area contributed by atoms with Gasteiger partial charge in [0.2, 0.25) is 5.91 Å². The molecule has 0 rings (SSSR count). The molecule has 0 aliphatic carbocycles. The van der Waals surface area contributed by atoms with Crippen LogP contribution in [0.2, 0.25) is 0 Å². The normalized spacial score (nSPS) is 12.2. The Labute approximate surface area is 522 Å². The van der Waals surface area contributed by atoms with Gasteiger partial charge in [-0.05, 0) is 39.7 Å². The largest absolute Gasteiger partial charge is 1.00 e. The van der Waals surface area contributed by atoms with E-state index >= 15 is 0 Å². The van der Waals surface area contributed by atoms with Crippen LogP contribution in [0.15, 0.2) is 0 Å². The maximum absolute atomic E-state index is 12.8. The molecule has 0 aromatic carbocycles. The summed E-state index contributed by atoms with van der Waals surface area (Å²) in [4.78, 5) is 92.4. The number of hydrogen-bond donors (Lipinski definition) is 3. The third kappa shape index (κ3) is 54.1. The fraction of sp³-hybridized carbons (Fsp3) is 0.837. The van der Waals surface area contributed by atoms with E-state index in [0.717, 1.165) is 57.8 Å². The molecule has 0 saturated carbocycles. The van der Waals surface area contributed by atoms with Crippen molar-refractivity contribution in [3.8, 4) is 0 Å². The molecule has 4 atom stereocenters. The summed E-state index contributed by atoms with van der Waals surface area (Å²) in [5.74, 6) is -3.61. The van der Waals surface area contributed by atoms with Crippen LogP contribution in [-0.4, -0.2) is 194 Å². The van der Waals surface area contributed by atoms with Crippen LogP contribution in [0.3, 0.4) is 0 Å². The molecule has 0 radical (unpaired) electrons. The number of amides is 1. The number of ketones is 1. The third-order valence-electron chi connectivity index (χ3n) is 10.0. The standard InChI is InChI=1S/C43H77N6O13.5Na.2H2O/c1-5-6-7-8-10-13-16-38(54)39(61-37(4)43(60)62-45-20-22-47(33-41(56)57)24-26-49(28-30-51)34-42(58)59)17-14-11-9-12-15-18-40(55)44-19-21-46(31-35(2)52)23-25-48(27-29-50)32-36(3)53;;;;;;;/h36-39,45,54H,5-28,31-34H2,1-4H3,(H,44,55)(H,56,57)(H,58,59);;;;;;2*1H2/q-3;5*+1;;/p-4. The zero-order chi connectivity index (χ0) is 46.5. The molecule has 0 aromatic heterocycles. The summed E-state index contributed by atoms with van der Waals surface area (Å²) in [7, 11) is 0. The summed E-state index contributed by atoms with van der Waals surface area (Å²) in [6.07, 6.45) is 11.8. The van der Waals surface area contributed by atoms with E-state index in [1.165, 1.54) is 37.0 Å². The van der Waals surface area contributed by atoms with Crippen LogP contribution < -0.4 is 174 Å². The summed E-state index contributed by atoms with van der Waals surface area (Å²) in [5, 5.41) is 47.8. The molecule has 376 valence electrons. The average molecular weight is 1030 g/mol. The Bertz CT molecular complexity index is 1280. The predicted molar refractivity (Wildman–Crippen MR) is 229 cm³/mol. The number of aliphatic hydroxyl groups excluding tert-OH is 1. The van der Waals surface area contributed by atoms with Gasteiger partial charge in [0.25, 0.3) is 0 Å². The van der Waals surface area contributed by atoms with Gasteiger partial charge in [-0.2, -0.15) is 5.48 Å². The number of unbranched alkanes of at least 4 members (excludes halogenated alkanes) is 9. The third-order valence-corrected chi connectivity index (χ3v) is 10.0. The summed E-state index contributed by atoms with van der Waals surface area (Å²) < 4.78 is 6.05. The van der Waals surface area contributed by atoms with Crippen molar-refractivity contribution in [3.05, 3.63) is 0 Å². The second-order valence-electron chi connectivity index (χ2n) is 16.0. The van der Waals surface area contributed by atoms with Gasteiger partial charge in [-0.25, -0.2) is 17.4 Å². The number of hydroxylamine groups is 1. The van der Waals surface area contributed by atoms with Gasteiger partial charge in [-0.15, -0.1) is 6.10 Å². The molecule has 21 nitrogen and oxygen atoms in total. The van der Waals surface area contributed by atoms with Gasteiger partial charge < -0.3 is 75.2 Å². The van der Waals surface area contributed by atoms with Gasteiger partial charge in [0.15, 0.2) is 6.10 Å². The van der Waals surface area contributed by atoms with Gasteiger partial charge in [0.1, 0.15) is 5.78 Å². The Morgan fingerprint density at radius 1 is 0.638 bits per heavy atom. The molecule has 0 bridgehead atoms. The van der Waals surface area contributed by atoms with Crippen molar-refractivity contribution >= 4 is 42.2 Å². The second kappa shape index (κ2) is 58.7. The molecular weight excluding hydrogens is 955 g/mol. The maximum atomic E-state index is 12.8. The first-order valence-corrected chi connectivity index (χ1v) is 22.3. The molecule has 0 aliphatic heterocycles. The molecule has 4 unspecified atom stereocenters. The molecule has 5 N–H and O–H groups in total. The van der Waals surface area contributed by atoms with Crippen molar-refractivity contribution in [3.63, 3.8) is 0 Å². The maximum Gasteiger partial charge on any atom is 1.00 e. The van der Waals surface area contributed by atoms with Crippen molar-refractivity contribution in [2.24, 2.45) is 0 Å². The number of carbonyl (C=O) groups excluding carboxylic acids is 7. The topological polar surface area (TPSA) is 324 Å². The number of nitrogens with one attached hydrogen (secondary N) is 2. The van der Waals surface area contributed by atoms with Crippen LogP contribution in [0, 0.1) is 0 Å². The zero-order valence-corrected chi connectivity index (χ0v) is 53.6. The first-order valence-electron chi connectivity index (χ1n) is 22.3. The van der Waals surface area contributed by atoms with E-state index in [-0.39, 0.29) is 223 Å². The minimum absolute atomic E-state index is 0. The van der Waals surface area contributed by atoms with E-state index in [2.05, 4.69) is 17.7 Å². The Kier molecular flexibility index (Phi) is 74.2. The monoisotopic (exact) mass is 1030 g/mol. The minimum atomic E-state index is -1.39. The Hall–Kier alpha value is 1.49. The smallest absolute Gasteiger partial charge is 0.870 e. The Morgan fingerprint density at radius 2 is 1.10 bits per heavy atom. The average Bonchev–Trinajstić information content (AvgIpc) is 3.19. The number of rotatable bonds is 44. The summed E-state index contributed by atoms with van der Waals surface area (Å²) in [5.41, 5.74) is 2.50. The Balaban J connectivity index is -0.000000886. The fourth-order valence-electron chi connectivity index (χ4n) is 6.78. The van der Waals surface area contributed by atoms with Crippen molar-refractivity contribution in [1.82, 2.24) is 30.4 Å². The quantitative estimate of drug-likeness (QED) is 0.0221. The number of carboxylic acids is 2. The molecule has 1 amide bonds. The van der Waals surface area contributed by atoms with Crippen molar-refractivity contribution < 1.29 is 222 Å². The van der Waals surface area contributed by atoms with E-state index in [1.54, 1.807) is 11.2 Å². The molecule has 0 fully saturated rings. The second-order valence-corrected chi connectivity index (χ2v) is 16.0. The molecule has 0 heterocycles. The van der Waals surface area contributed by atoms with Gasteiger partial charge in [0.05, 0.1) is 30.7 Å². The van der Waals surface area contributed by atoms with Crippen LogP contribution in [0.4, 0.5) is 0 Å². The predicted octanol–water partition coefficient (Wildman–Crippen LogP) is -17.3. The number of Topliss-reactive ketones (excluding diaryl/α,β-unsaturated/α-hetero) is 1. The zero-order valence-electron chi connectivity index (χ0n) is 43.6. The van der Waals surface area contributed by atoms with E-state index in [9.17, 15) is 54.0 Å². The summed E-state index contributed by atoms with van der Waals surface area (Å²) in [6, 6.07) is 0. The molecule has 26 heteroatoms. The van der Waals surface area contributed by atoms with Gasteiger partial charge in [-0.3, -0.25) is 19.4 Å². The fourth-order valence-corrected chi connectivity index (χ4v) is 6.78. The van der Waals surface area contributed by atoms with Crippen LogP contribution in [0.1, 0.15) is 118 Å². The van der Waals surface area contributed by atoms with Gasteiger partial charge in [0, 0.05) is 71.9 Å². The molecule has 0 saturated heterocycles. The number of hydrogen-bond acceptors (Lipinski definition) is 20. The van der Waals surface area contributed by atoms with Crippen LogP contribution in [0.25, 0.3) is 0 Å². The van der Waals surface area contributed by atoms with E-state index in [0.29, 0.717) is 51.9 Å². The number of ether oxygens (including phenoxy) is 1. The number of nitrogens with zero attached hydrogens (tertiary/aromatic N) is 4. The molecule has 69 heavy (non-hydrogen) atoms. The first-order chi connectivity index (χ1) is 29.6. The molecule has 0 aromatic rings. The minimum Gasteiger partial charge on any atom is -0.870 e. The SMILES string of the molecule is CCCCCCCCC(O)C(CCCCCCCC(=O)NCCN(CCN(C[C-]=O)CC(C)[O-])CC(C)=O)OC(C)C(=O)ONCCN(CCN(C[C-]=O)CC(=O)[O-])CC(=O)[O-].[Na+].[Na+].[Na+].[Na+].[Na+].[OH-].[OH-]. The van der Waals surface area contributed by atoms with E-state index < -0.39 is 55.4 Å². The number of carbonyl (C=O) groups is 5. The van der Waals surface area contributed by atoms with Crippen LogP contribution in [-0.2, 0) is 43.1 Å². The van der Waals surface area contributed by atoms with Crippen molar-refractivity contribution in [2.45, 2.75) is 142 Å². The van der Waals surface area contributed by atoms with E-state index in [1.807, 2.05) is 11.2 Å². The van der Waals surface area contributed by atoms with Crippen molar-refractivity contribution in [2.75, 3.05) is 91.6 Å². The van der Waals surface area contributed by atoms with E-state index in [4.69, 9.17) is 9.57 Å². The molecular formula is C43H77N6Na5O15-2. The van der Waals surface area contributed by atoms with Crippen LogP contribution in [0.5, 0.6) is 0 Å². The number of aliphatic hydroxyl groups is 1. The van der Waals surface area contributed by atoms with Gasteiger partial charge in [-0.1, -0.05) is 91.1 Å². The van der Waals surface area contributed by atoms with Crippen LogP contribution >= 0.6 is 0 Å². The van der Waals surface area contributed by atoms with Gasteiger partial charge >= 0.3 is 154 Å². The first kappa shape index (κ1) is 87.2. The Morgan fingerprint density at radius 3 is 1.64 bits per heavy atom. The number of aliphatic carboxylic acids is 2. The summed E-state index contributed by atoms with van der Waals surface area (Å²) >= 11 is 0. The summed E-state index contributed by atoms with van der Waals surface area (Å²) in [6.45, 7) is 7.74.